The van der Waals surface area contributed by atoms with Crippen LogP contribution in [0.5, 0.6) is 0 Å². The number of aliphatic imine (C=N–C) groups is 1. The van der Waals surface area contributed by atoms with Gasteiger partial charge in [-0.25, -0.2) is 14.2 Å². The first-order chi connectivity index (χ1) is 18.8. The van der Waals surface area contributed by atoms with Gasteiger partial charge in [0, 0.05) is 51.7 Å². The standard InChI is InChI=1S/C27H30ClFN6O3S/c1-5-19-22(15(3)33-34-19)21-13-38-12-14(2)35(21)11-20-23(27(36)37-4)24(17-7-6-16(29)10-18(17)28)32-25(31-20)26-30-8-9-39-26/h6-10,14,21,24H,5,11-13H2,1-4H3,(H,31,32)(H,33,34)/t14?,21?,24-/m0/s1. The number of nitrogens with one attached hydrogen (secondary N) is 2. The summed E-state index contributed by atoms with van der Waals surface area (Å²) in [6, 6.07) is 3.21. The second kappa shape index (κ2) is 11.5. The molecule has 3 atom stereocenters. The van der Waals surface area contributed by atoms with Crippen molar-refractivity contribution < 1.29 is 18.7 Å². The van der Waals surface area contributed by atoms with Crippen LogP contribution in [0, 0.1) is 12.7 Å². The van der Waals surface area contributed by atoms with Gasteiger partial charge in [-0.2, -0.15) is 5.10 Å². The van der Waals surface area contributed by atoms with Gasteiger partial charge in [-0.3, -0.25) is 15.0 Å². The van der Waals surface area contributed by atoms with E-state index in [1.165, 1.54) is 30.6 Å². The fourth-order valence-corrected chi connectivity index (χ4v) is 6.07. The number of esters is 1. The van der Waals surface area contributed by atoms with Crippen LogP contribution in [-0.2, 0) is 20.7 Å². The van der Waals surface area contributed by atoms with Gasteiger partial charge in [-0.05, 0) is 32.4 Å². The van der Waals surface area contributed by atoms with Crippen LogP contribution in [0.25, 0.3) is 0 Å². The fraction of sp³-hybridized carbons (Fsp3) is 0.407. The number of hydrogen-bond acceptors (Lipinski definition) is 9. The molecule has 0 radical (unpaired) electrons. The summed E-state index contributed by atoms with van der Waals surface area (Å²) < 4.78 is 25.2. The quantitative estimate of drug-likeness (QED) is 0.401. The number of benzene rings is 1. The third kappa shape index (κ3) is 5.36. The summed E-state index contributed by atoms with van der Waals surface area (Å²) in [6.45, 7) is 7.56. The van der Waals surface area contributed by atoms with Crippen molar-refractivity contribution in [2.75, 3.05) is 26.9 Å². The first kappa shape index (κ1) is 27.4. The number of ether oxygens (including phenoxy) is 2. The lowest BCUT2D eigenvalue weighted by molar-refractivity contribution is -0.136. The lowest BCUT2D eigenvalue weighted by Gasteiger charge is -2.42. The van der Waals surface area contributed by atoms with E-state index in [9.17, 15) is 9.18 Å². The number of hydrogen-bond donors (Lipinski definition) is 2. The van der Waals surface area contributed by atoms with Gasteiger partial charge < -0.3 is 14.8 Å². The molecule has 2 aromatic heterocycles. The highest BCUT2D eigenvalue weighted by molar-refractivity contribution is 7.11. The molecule has 0 spiro atoms. The van der Waals surface area contributed by atoms with Crippen LogP contribution < -0.4 is 5.32 Å². The molecule has 39 heavy (non-hydrogen) atoms. The minimum Gasteiger partial charge on any atom is -0.466 e. The van der Waals surface area contributed by atoms with Crippen molar-refractivity contribution in [1.29, 1.82) is 0 Å². The Bertz CT molecular complexity index is 1420. The summed E-state index contributed by atoms with van der Waals surface area (Å²) in [6.07, 6.45) is 2.49. The molecule has 3 aromatic rings. The number of aryl methyl sites for hydroxylation is 2. The van der Waals surface area contributed by atoms with Crippen LogP contribution in [0.1, 0.15) is 53.5 Å². The number of carbonyl (C=O) groups excluding carboxylic acids is 1. The van der Waals surface area contributed by atoms with Gasteiger partial charge in [0.15, 0.2) is 10.8 Å². The van der Waals surface area contributed by atoms with E-state index in [2.05, 4.69) is 39.2 Å². The monoisotopic (exact) mass is 572 g/mol. The Morgan fingerprint density at radius 3 is 2.87 bits per heavy atom. The number of rotatable bonds is 7. The molecule has 2 N–H and O–H groups in total. The molecule has 1 aromatic carbocycles. The van der Waals surface area contributed by atoms with Crippen molar-refractivity contribution in [1.82, 2.24) is 25.4 Å². The van der Waals surface area contributed by atoms with Crippen LogP contribution in [0.4, 0.5) is 4.39 Å². The third-order valence-corrected chi connectivity index (χ3v) is 8.23. The van der Waals surface area contributed by atoms with Gasteiger partial charge in [-0.15, -0.1) is 11.3 Å². The molecule has 4 heterocycles. The Kier molecular flexibility index (Phi) is 8.13. The predicted molar refractivity (Wildman–Crippen MR) is 147 cm³/mol. The molecule has 2 aliphatic rings. The first-order valence-corrected chi connectivity index (χ1v) is 14.0. The van der Waals surface area contributed by atoms with Crippen molar-refractivity contribution >= 4 is 34.7 Å². The SMILES string of the molecule is CCc1[nH]nc(C)c1C1COCC(C)N1CC1=C(C(=O)OC)[C@H](c2ccc(F)cc2Cl)N=C(c2nccs2)N1. The molecule has 9 nitrogen and oxygen atoms in total. The number of H-pyrrole nitrogens is 1. The molecule has 1 saturated heterocycles. The van der Waals surface area contributed by atoms with Crippen LogP contribution >= 0.6 is 22.9 Å². The van der Waals surface area contributed by atoms with Gasteiger partial charge in [-0.1, -0.05) is 24.6 Å². The summed E-state index contributed by atoms with van der Waals surface area (Å²) >= 11 is 7.92. The Hall–Kier alpha value is -3.12. The Balaban J connectivity index is 1.63. The molecule has 0 bridgehead atoms. The number of methoxy groups -OCH3 is 1. The Labute approximate surface area is 235 Å². The summed E-state index contributed by atoms with van der Waals surface area (Å²) in [7, 11) is 1.33. The van der Waals surface area contributed by atoms with Crippen molar-refractivity contribution in [3.8, 4) is 0 Å². The zero-order valence-corrected chi connectivity index (χ0v) is 23.7. The number of aromatic nitrogens is 3. The zero-order chi connectivity index (χ0) is 27.7. The van der Waals surface area contributed by atoms with E-state index in [1.54, 1.807) is 12.3 Å². The highest BCUT2D eigenvalue weighted by Crippen LogP contribution is 2.38. The van der Waals surface area contributed by atoms with E-state index >= 15 is 0 Å². The molecular weight excluding hydrogens is 543 g/mol. The zero-order valence-electron chi connectivity index (χ0n) is 22.1. The number of amidine groups is 1. The average molecular weight is 573 g/mol. The second-order valence-electron chi connectivity index (χ2n) is 9.52. The van der Waals surface area contributed by atoms with Gasteiger partial charge in [0.2, 0.25) is 0 Å². The lowest BCUT2D eigenvalue weighted by Crippen LogP contribution is -2.49. The highest BCUT2D eigenvalue weighted by Gasteiger charge is 2.38. The predicted octanol–water partition coefficient (Wildman–Crippen LogP) is 4.51. The topological polar surface area (TPSA) is 105 Å². The normalized spacial score (nSPS) is 22.0. The first-order valence-electron chi connectivity index (χ1n) is 12.7. The van der Waals surface area contributed by atoms with Crippen molar-refractivity contribution in [2.24, 2.45) is 4.99 Å². The smallest absolute Gasteiger partial charge is 0.338 e. The third-order valence-electron chi connectivity index (χ3n) is 7.13. The van der Waals surface area contributed by atoms with Crippen LogP contribution in [0.2, 0.25) is 5.02 Å². The summed E-state index contributed by atoms with van der Waals surface area (Å²) in [5.41, 5.74) is 4.50. The summed E-state index contributed by atoms with van der Waals surface area (Å²) in [4.78, 5) is 24.9. The number of aromatic amines is 1. The lowest BCUT2D eigenvalue weighted by atomic mass is 9.94. The van der Waals surface area contributed by atoms with Crippen molar-refractivity contribution in [3.63, 3.8) is 0 Å². The maximum atomic E-state index is 14.0. The molecule has 0 saturated carbocycles. The number of nitrogens with zero attached hydrogens (tertiary/aromatic N) is 4. The minimum absolute atomic E-state index is 0.0333. The Morgan fingerprint density at radius 1 is 1.36 bits per heavy atom. The average Bonchev–Trinajstić information content (AvgIpc) is 3.59. The van der Waals surface area contributed by atoms with Crippen LogP contribution in [-0.4, -0.2) is 64.8 Å². The van der Waals surface area contributed by atoms with Crippen molar-refractivity contribution in [3.05, 3.63) is 79.4 Å². The summed E-state index contributed by atoms with van der Waals surface area (Å²) in [5, 5.41) is 13.7. The van der Waals surface area contributed by atoms with E-state index in [1.807, 2.05) is 12.3 Å². The van der Waals surface area contributed by atoms with E-state index < -0.39 is 17.8 Å². The van der Waals surface area contributed by atoms with E-state index in [0.29, 0.717) is 47.4 Å². The number of morpholine rings is 1. The van der Waals surface area contributed by atoms with Gasteiger partial charge >= 0.3 is 5.97 Å². The molecular formula is C27H30ClFN6O3S. The Morgan fingerprint density at radius 2 is 2.18 bits per heavy atom. The highest BCUT2D eigenvalue weighted by atomic mass is 35.5. The largest absolute Gasteiger partial charge is 0.466 e. The number of carbonyl (C=O) groups is 1. The maximum absolute atomic E-state index is 14.0. The minimum atomic E-state index is -0.822. The fourth-order valence-electron chi connectivity index (χ4n) is 5.22. The molecule has 2 unspecified atom stereocenters. The van der Waals surface area contributed by atoms with E-state index in [0.717, 1.165) is 23.4 Å². The number of halogens is 2. The van der Waals surface area contributed by atoms with Gasteiger partial charge in [0.25, 0.3) is 0 Å². The summed E-state index contributed by atoms with van der Waals surface area (Å²) in [5.74, 6) is -0.516. The molecule has 0 amide bonds. The van der Waals surface area contributed by atoms with E-state index in [-0.39, 0.29) is 17.1 Å². The van der Waals surface area contributed by atoms with Crippen molar-refractivity contribution in [2.45, 2.75) is 45.3 Å². The van der Waals surface area contributed by atoms with E-state index in [4.69, 9.17) is 26.1 Å². The van der Waals surface area contributed by atoms with Gasteiger partial charge in [0.05, 0.1) is 37.6 Å². The molecule has 5 rings (SSSR count). The molecule has 0 aliphatic carbocycles. The molecule has 12 heteroatoms. The maximum Gasteiger partial charge on any atom is 0.338 e. The van der Waals surface area contributed by atoms with Crippen LogP contribution in [0.15, 0.2) is 46.0 Å². The molecule has 206 valence electrons. The number of thiazole rings is 1. The van der Waals surface area contributed by atoms with Crippen LogP contribution in [0.3, 0.4) is 0 Å². The molecule has 2 aliphatic heterocycles. The van der Waals surface area contributed by atoms with Gasteiger partial charge in [0.1, 0.15) is 11.9 Å². The second-order valence-corrected chi connectivity index (χ2v) is 10.8. The molecule has 1 fully saturated rings.